The summed E-state index contributed by atoms with van der Waals surface area (Å²) in [6.07, 6.45) is 6.88. The van der Waals surface area contributed by atoms with Gasteiger partial charge in [-0.25, -0.2) is 9.97 Å². The molecule has 1 aromatic heterocycles. The zero-order chi connectivity index (χ0) is 16.2. The third-order valence-electron chi connectivity index (χ3n) is 4.48. The summed E-state index contributed by atoms with van der Waals surface area (Å²) in [5.74, 6) is 2.17. The second-order valence-corrected chi connectivity index (χ2v) is 6.33. The number of carbonyl (C=O) groups excluding carboxylic acids is 1. The van der Waals surface area contributed by atoms with Gasteiger partial charge in [0.1, 0.15) is 5.76 Å². The molecule has 0 aromatic carbocycles. The molecule has 2 aliphatic heterocycles. The number of hydrogen-bond donors (Lipinski definition) is 1. The molecule has 124 valence electrons. The van der Waals surface area contributed by atoms with Crippen LogP contribution in [-0.4, -0.2) is 42.1 Å². The summed E-state index contributed by atoms with van der Waals surface area (Å²) in [6, 6.07) is 0. The molecule has 0 radical (unpaired) electrons. The molecule has 1 amide bonds. The molecule has 0 aliphatic carbocycles. The van der Waals surface area contributed by atoms with Gasteiger partial charge in [-0.2, -0.15) is 0 Å². The number of hydrogen-bond acceptors (Lipinski definition) is 5. The Labute approximate surface area is 136 Å². The van der Waals surface area contributed by atoms with Crippen LogP contribution in [0.3, 0.4) is 0 Å². The molecule has 3 heterocycles. The highest BCUT2D eigenvalue weighted by Crippen LogP contribution is 2.20. The molecule has 0 saturated carbocycles. The molecule has 1 N–H and O–H groups in total. The topological polar surface area (TPSA) is 67.4 Å². The van der Waals surface area contributed by atoms with Gasteiger partial charge >= 0.3 is 0 Å². The lowest BCUT2D eigenvalue weighted by atomic mass is 10.00. The lowest BCUT2D eigenvalue weighted by Crippen LogP contribution is -2.34. The van der Waals surface area contributed by atoms with Crippen LogP contribution in [0.15, 0.2) is 18.0 Å². The number of nitrogens with one attached hydrogen (secondary N) is 1. The van der Waals surface area contributed by atoms with Gasteiger partial charge in [-0.15, -0.1) is 0 Å². The Morgan fingerprint density at radius 3 is 2.87 bits per heavy atom. The van der Waals surface area contributed by atoms with Crippen molar-refractivity contribution in [2.45, 2.75) is 33.1 Å². The molecule has 1 saturated heterocycles. The van der Waals surface area contributed by atoms with Crippen molar-refractivity contribution in [3.05, 3.63) is 29.3 Å². The standard InChI is InChI=1S/C17H24N4O2/c1-12-5-7-21(8-6-12)17-19-11-15(13(2)20-17)16(22)18-10-14-4-3-9-23-14/h4,11-12H,3,5-10H2,1-2H3,(H,18,22). The molecule has 0 spiro atoms. The molecule has 0 unspecified atom stereocenters. The molecular formula is C17H24N4O2. The maximum atomic E-state index is 12.3. The number of anilines is 1. The Hall–Kier alpha value is -2.11. The van der Waals surface area contributed by atoms with Crippen molar-refractivity contribution in [2.75, 3.05) is 31.1 Å². The zero-order valence-electron chi connectivity index (χ0n) is 13.8. The third-order valence-corrected chi connectivity index (χ3v) is 4.48. The first-order valence-corrected chi connectivity index (χ1v) is 8.32. The summed E-state index contributed by atoms with van der Waals surface area (Å²) < 4.78 is 5.39. The van der Waals surface area contributed by atoms with E-state index in [0.717, 1.165) is 37.1 Å². The normalized spacial score (nSPS) is 18.5. The number of ether oxygens (including phenoxy) is 1. The minimum atomic E-state index is -0.155. The van der Waals surface area contributed by atoms with E-state index < -0.39 is 0 Å². The lowest BCUT2D eigenvalue weighted by molar-refractivity contribution is 0.0947. The van der Waals surface area contributed by atoms with Crippen molar-refractivity contribution in [3.63, 3.8) is 0 Å². The summed E-state index contributed by atoms with van der Waals surface area (Å²) in [4.78, 5) is 23.4. The van der Waals surface area contributed by atoms with Crippen LogP contribution in [0.1, 0.15) is 42.2 Å². The largest absolute Gasteiger partial charge is 0.496 e. The van der Waals surface area contributed by atoms with Gasteiger partial charge in [-0.3, -0.25) is 4.79 Å². The maximum absolute atomic E-state index is 12.3. The van der Waals surface area contributed by atoms with Gasteiger partial charge in [-0.05, 0) is 31.8 Å². The second-order valence-electron chi connectivity index (χ2n) is 6.33. The highest BCUT2D eigenvalue weighted by atomic mass is 16.5. The fraction of sp³-hybridized carbons (Fsp3) is 0.588. The average molecular weight is 316 g/mol. The lowest BCUT2D eigenvalue weighted by Gasteiger charge is -2.30. The average Bonchev–Trinajstić information content (AvgIpc) is 3.06. The fourth-order valence-electron chi connectivity index (χ4n) is 2.89. The van der Waals surface area contributed by atoms with Crippen molar-refractivity contribution >= 4 is 11.9 Å². The van der Waals surface area contributed by atoms with E-state index in [0.29, 0.717) is 24.4 Å². The monoisotopic (exact) mass is 316 g/mol. The molecule has 0 atom stereocenters. The van der Waals surface area contributed by atoms with Crippen LogP contribution in [0, 0.1) is 12.8 Å². The SMILES string of the molecule is Cc1nc(N2CCC(C)CC2)ncc1C(=O)NCC1=CCCO1. The smallest absolute Gasteiger partial charge is 0.255 e. The molecule has 2 aliphatic rings. The van der Waals surface area contributed by atoms with E-state index >= 15 is 0 Å². The summed E-state index contributed by atoms with van der Waals surface area (Å²) in [6.45, 7) is 7.23. The van der Waals surface area contributed by atoms with Gasteiger partial charge in [0, 0.05) is 25.7 Å². The third kappa shape index (κ3) is 3.81. The van der Waals surface area contributed by atoms with Crippen LogP contribution >= 0.6 is 0 Å². The summed E-state index contributed by atoms with van der Waals surface area (Å²) in [5, 5.41) is 2.86. The quantitative estimate of drug-likeness (QED) is 0.921. The molecule has 6 heteroatoms. The number of piperidine rings is 1. The zero-order valence-corrected chi connectivity index (χ0v) is 13.8. The molecule has 3 rings (SSSR count). The van der Waals surface area contributed by atoms with E-state index in [4.69, 9.17) is 4.74 Å². The van der Waals surface area contributed by atoms with Crippen molar-refractivity contribution in [1.82, 2.24) is 15.3 Å². The Kier molecular flexibility index (Phi) is 4.79. The molecule has 1 aromatic rings. The van der Waals surface area contributed by atoms with Crippen LogP contribution in [0.4, 0.5) is 5.95 Å². The fourth-order valence-corrected chi connectivity index (χ4v) is 2.89. The molecule has 23 heavy (non-hydrogen) atoms. The van der Waals surface area contributed by atoms with E-state index in [1.165, 1.54) is 12.8 Å². The summed E-state index contributed by atoms with van der Waals surface area (Å²) in [7, 11) is 0. The molecule has 6 nitrogen and oxygen atoms in total. The molecule has 1 fully saturated rings. The van der Waals surface area contributed by atoms with Crippen LogP contribution in [0.5, 0.6) is 0 Å². The Balaban J connectivity index is 1.63. The number of nitrogens with zero attached hydrogens (tertiary/aromatic N) is 3. The first-order valence-electron chi connectivity index (χ1n) is 8.32. The van der Waals surface area contributed by atoms with Crippen LogP contribution in [0.2, 0.25) is 0 Å². The van der Waals surface area contributed by atoms with Gasteiger partial charge in [-0.1, -0.05) is 6.92 Å². The van der Waals surface area contributed by atoms with E-state index in [2.05, 4.69) is 27.1 Å². The van der Waals surface area contributed by atoms with E-state index in [1.54, 1.807) is 6.20 Å². The number of carbonyl (C=O) groups is 1. The molecule has 0 bridgehead atoms. The van der Waals surface area contributed by atoms with Gasteiger partial charge in [0.25, 0.3) is 5.91 Å². The van der Waals surface area contributed by atoms with Crippen molar-refractivity contribution in [2.24, 2.45) is 5.92 Å². The van der Waals surface area contributed by atoms with Gasteiger partial charge < -0.3 is 15.0 Å². The first-order chi connectivity index (χ1) is 11.1. The highest BCUT2D eigenvalue weighted by Gasteiger charge is 2.20. The van der Waals surface area contributed by atoms with Crippen molar-refractivity contribution in [1.29, 1.82) is 0 Å². The van der Waals surface area contributed by atoms with Crippen LogP contribution in [-0.2, 0) is 4.74 Å². The van der Waals surface area contributed by atoms with Gasteiger partial charge in [0.2, 0.25) is 5.95 Å². The minimum Gasteiger partial charge on any atom is -0.496 e. The van der Waals surface area contributed by atoms with Crippen LogP contribution < -0.4 is 10.2 Å². The number of aromatic nitrogens is 2. The van der Waals surface area contributed by atoms with Gasteiger partial charge in [0.15, 0.2) is 0 Å². The van der Waals surface area contributed by atoms with E-state index in [9.17, 15) is 4.79 Å². The highest BCUT2D eigenvalue weighted by molar-refractivity contribution is 5.95. The van der Waals surface area contributed by atoms with Crippen molar-refractivity contribution < 1.29 is 9.53 Å². The molecular weight excluding hydrogens is 292 g/mol. The summed E-state index contributed by atoms with van der Waals surface area (Å²) >= 11 is 0. The van der Waals surface area contributed by atoms with E-state index in [-0.39, 0.29) is 5.91 Å². The Morgan fingerprint density at radius 2 is 2.22 bits per heavy atom. The predicted octanol–water partition coefficient (Wildman–Crippen LogP) is 2.06. The van der Waals surface area contributed by atoms with Gasteiger partial charge in [0.05, 0.1) is 24.4 Å². The van der Waals surface area contributed by atoms with Crippen LogP contribution in [0.25, 0.3) is 0 Å². The number of amides is 1. The minimum absolute atomic E-state index is 0.155. The number of rotatable bonds is 4. The first kappa shape index (κ1) is 15.8. The number of aryl methyl sites for hydroxylation is 1. The maximum Gasteiger partial charge on any atom is 0.255 e. The Morgan fingerprint density at radius 1 is 1.43 bits per heavy atom. The second kappa shape index (κ2) is 6.98. The Bertz CT molecular complexity index is 607. The van der Waals surface area contributed by atoms with E-state index in [1.807, 2.05) is 13.0 Å². The predicted molar refractivity (Wildman–Crippen MR) is 88.4 cm³/mol. The van der Waals surface area contributed by atoms with Crippen molar-refractivity contribution in [3.8, 4) is 0 Å². The summed E-state index contributed by atoms with van der Waals surface area (Å²) in [5.41, 5.74) is 1.24.